The second-order valence-corrected chi connectivity index (χ2v) is 10.1. The van der Waals surface area contributed by atoms with Gasteiger partial charge in [-0.2, -0.15) is 4.31 Å². The number of hydrogen-bond donors (Lipinski definition) is 0. The van der Waals surface area contributed by atoms with Crippen molar-refractivity contribution in [2.75, 3.05) is 26.2 Å². The van der Waals surface area contributed by atoms with E-state index in [0.29, 0.717) is 38.5 Å². The fourth-order valence-corrected chi connectivity index (χ4v) is 6.59. The Morgan fingerprint density at radius 3 is 2.35 bits per heavy atom. The summed E-state index contributed by atoms with van der Waals surface area (Å²) in [7, 11) is -3.32. The van der Waals surface area contributed by atoms with Gasteiger partial charge in [0.2, 0.25) is 15.9 Å². The van der Waals surface area contributed by atoms with Gasteiger partial charge >= 0.3 is 0 Å². The minimum atomic E-state index is -3.32. The third-order valence-corrected chi connectivity index (χ3v) is 8.35. The summed E-state index contributed by atoms with van der Waals surface area (Å²) in [5.74, 6) is 2.45. The Bertz CT molecular complexity index is 742. The monoisotopic (exact) mass is 376 g/mol. The number of piperazine rings is 1. The van der Waals surface area contributed by atoms with Gasteiger partial charge < -0.3 is 4.90 Å². The minimum absolute atomic E-state index is 0.0347. The Morgan fingerprint density at radius 1 is 1.00 bits per heavy atom. The molecule has 2 aliphatic carbocycles. The number of sulfonamides is 1. The summed E-state index contributed by atoms with van der Waals surface area (Å²) >= 11 is 0. The fraction of sp³-hybridized carbons (Fsp3) is 0.650. The molecule has 0 spiro atoms. The van der Waals surface area contributed by atoms with Crippen molar-refractivity contribution in [2.24, 2.45) is 17.8 Å². The lowest BCUT2D eigenvalue weighted by atomic mass is 9.86. The Hall–Kier alpha value is -1.40. The van der Waals surface area contributed by atoms with E-state index < -0.39 is 10.0 Å². The average molecular weight is 377 g/mol. The number of amides is 1. The average Bonchev–Trinajstić information content (AvgIpc) is 3.25. The third-order valence-electron chi connectivity index (χ3n) is 6.50. The molecule has 3 fully saturated rings. The van der Waals surface area contributed by atoms with E-state index in [9.17, 15) is 13.2 Å². The van der Waals surface area contributed by atoms with Crippen LogP contribution in [0.2, 0.25) is 0 Å². The molecule has 1 aromatic carbocycles. The van der Waals surface area contributed by atoms with Crippen LogP contribution in [0.25, 0.3) is 0 Å². The maximum Gasteiger partial charge on any atom is 0.222 e. The van der Waals surface area contributed by atoms with E-state index in [2.05, 4.69) is 0 Å². The van der Waals surface area contributed by atoms with Crippen molar-refractivity contribution < 1.29 is 13.2 Å². The molecule has 0 N–H and O–H groups in total. The van der Waals surface area contributed by atoms with Gasteiger partial charge in [0, 0.05) is 32.6 Å². The van der Waals surface area contributed by atoms with Crippen molar-refractivity contribution in [3.05, 3.63) is 35.9 Å². The molecule has 26 heavy (non-hydrogen) atoms. The molecule has 0 radical (unpaired) electrons. The van der Waals surface area contributed by atoms with Crippen LogP contribution in [0.4, 0.5) is 0 Å². The summed E-state index contributed by atoms with van der Waals surface area (Å²) in [5, 5.41) is 0. The van der Waals surface area contributed by atoms with Gasteiger partial charge in [0.15, 0.2) is 0 Å². The summed E-state index contributed by atoms with van der Waals surface area (Å²) in [6.07, 6.45) is 5.87. The van der Waals surface area contributed by atoms with E-state index in [1.807, 2.05) is 35.2 Å². The zero-order chi connectivity index (χ0) is 18.1. The highest BCUT2D eigenvalue weighted by atomic mass is 32.2. The van der Waals surface area contributed by atoms with Gasteiger partial charge in [0.05, 0.1) is 5.75 Å². The predicted molar refractivity (Wildman–Crippen MR) is 101 cm³/mol. The number of benzene rings is 1. The quantitative estimate of drug-likeness (QED) is 0.793. The summed E-state index contributed by atoms with van der Waals surface area (Å²) in [5.41, 5.74) is 0.808. The normalized spacial score (nSPS) is 29.2. The number of rotatable bonds is 5. The molecule has 142 valence electrons. The molecule has 1 saturated heterocycles. The molecule has 0 aromatic heterocycles. The van der Waals surface area contributed by atoms with E-state index >= 15 is 0 Å². The highest BCUT2D eigenvalue weighted by Gasteiger charge is 2.41. The Labute approximate surface area is 156 Å². The number of hydrogen-bond acceptors (Lipinski definition) is 3. The molecular formula is C20H28N2O3S. The van der Waals surface area contributed by atoms with Gasteiger partial charge in [0.1, 0.15) is 0 Å². The topological polar surface area (TPSA) is 57.7 Å². The van der Waals surface area contributed by atoms with Crippen LogP contribution in [0.15, 0.2) is 30.3 Å². The first kappa shape index (κ1) is 18.0. The first-order valence-corrected chi connectivity index (χ1v) is 11.4. The second kappa shape index (κ2) is 7.31. The van der Waals surface area contributed by atoms with Gasteiger partial charge in [-0.05, 0) is 42.6 Å². The highest BCUT2D eigenvalue weighted by molar-refractivity contribution is 7.88. The first-order chi connectivity index (χ1) is 12.5. The van der Waals surface area contributed by atoms with Gasteiger partial charge in [-0.15, -0.1) is 0 Å². The van der Waals surface area contributed by atoms with Crippen LogP contribution in [0, 0.1) is 17.8 Å². The van der Waals surface area contributed by atoms with Crippen LogP contribution in [0.3, 0.4) is 0 Å². The molecule has 5 nitrogen and oxygen atoms in total. The van der Waals surface area contributed by atoms with Crippen LogP contribution < -0.4 is 0 Å². The summed E-state index contributed by atoms with van der Waals surface area (Å²) in [4.78, 5) is 14.5. The lowest BCUT2D eigenvalue weighted by Gasteiger charge is -2.35. The van der Waals surface area contributed by atoms with E-state index in [1.165, 1.54) is 25.7 Å². The Morgan fingerprint density at radius 2 is 1.73 bits per heavy atom. The molecule has 0 unspecified atom stereocenters. The lowest BCUT2D eigenvalue weighted by Crippen LogP contribution is -2.51. The standard InChI is InChI=1S/C20H28N2O3S/c23-20(14-19-13-17-6-7-18(19)12-17)21-8-10-22(11-9-21)26(24,25)15-16-4-2-1-3-5-16/h1-5,17-19H,6-15H2/t17-,18-,19-/m0/s1. The van der Waals surface area contributed by atoms with E-state index in [1.54, 1.807) is 4.31 Å². The summed E-state index contributed by atoms with van der Waals surface area (Å²) in [6, 6.07) is 9.28. The van der Waals surface area contributed by atoms with E-state index in [4.69, 9.17) is 0 Å². The maximum atomic E-state index is 12.6. The van der Waals surface area contributed by atoms with Gasteiger partial charge in [-0.3, -0.25) is 4.79 Å². The minimum Gasteiger partial charge on any atom is -0.340 e. The van der Waals surface area contributed by atoms with Gasteiger partial charge in [0.25, 0.3) is 0 Å². The highest BCUT2D eigenvalue weighted by Crippen LogP contribution is 2.49. The van der Waals surface area contributed by atoms with Crippen molar-refractivity contribution in [1.29, 1.82) is 0 Å². The van der Waals surface area contributed by atoms with Crippen molar-refractivity contribution in [3.8, 4) is 0 Å². The maximum absolute atomic E-state index is 12.6. The van der Waals surface area contributed by atoms with Crippen LogP contribution in [0.5, 0.6) is 0 Å². The van der Waals surface area contributed by atoms with E-state index in [-0.39, 0.29) is 11.7 Å². The van der Waals surface area contributed by atoms with Crippen molar-refractivity contribution in [2.45, 2.75) is 37.9 Å². The van der Waals surface area contributed by atoms with Crippen molar-refractivity contribution >= 4 is 15.9 Å². The molecule has 6 heteroatoms. The number of carbonyl (C=O) groups is 1. The summed E-state index contributed by atoms with van der Waals surface area (Å²) < 4.78 is 26.8. The molecule has 4 rings (SSSR count). The van der Waals surface area contributed by atoms with Crippen LogP contribution >= 0.6 is 0 Å². The lowest BCUT2D eigenvalue weighted by molar-refractivity contribution is -0.133. The molecule has 3 aliphatic rings. The zero-order valence-corrected chi connectivity index (χ0v) is 16.0. The van der Waals surface area contributed by atoms with E-state index in [0.717, 1.165) is 17.4 Å². The molecule has 1 heterocycles. The van der Waals surface area contributed by atoms with Crippen molar-refractivity contribution in [1.82, 2.24) is 9.21 Å². The van der Waals surface area contributed by atoms with Gasteiger partial charge in [-0.25, -0.2) is 8.42 Å². The predicted octanol–water partition coefficient (Wildman–Crippen LogP) is 2.49. The van der Waals surface area contributed by atoms with Crippen LogP contribution in [0.1, 0.15) is 37.7 Å². The Balaban J connectivity index is 1.29. The molecule has 1 aliphatic heterocycles. The molecule has 1 amide bonds. The Kier molecular flexibility index (Phi) is 5.06. The van der Waals surface area contributed by atoms with Crippen molar-refractivity contribution in [3.63, 3.8) is 0 Å². The number of nitrogens with zero attached hydrogens (tertiary/aromatic N) is 2. The number of carbonyl (C=O) groups excluding carboxylic acids is 1. The second-order valence-electron chi connectivity index (χ2n) is 8.16. The fourth-order valence-electron chi connectivity index (χ4n) is 5.07. The molecular weight excluding hydrogens is 348 g/mol. The molecule has 2 bridgehead atoms. The largest absolute Gasteiger partial charge is 0.340 e. The summed E-state index contributed by atoms with van der Waals surface area (Å²) in [6.45, 7) is 1.87. The van der Waals surface area contributed by atoms with Gasteiger partial charge in [-0.1, -0.05) is 36.8 Å². The van der Waals surface area contributed by atoms with Crippen LogP contribution in [-0.2, 0) is 20.6 Å². The smallest absolute Gasteiger partial charge is 0.222 e. The van der Waals surface area contributed by atoms with Crippen LogP contribution in [-0.4, -0.2) is 49.7 Å². The molecule has 1 aromatic rings. The molecule has 3 atom stereocenters. The first-order valence-electron chi connectivity index (χ1n) is 9.81. The third kappa shape index (κ3) is 3.81. The number of fused-ring (bicyclic) bond motifs is 2. The molecule has 2 saturated carbocycles. The zero-order valence-electron chi connectivity index (χ0n) is 15.2. The SMILES string of the molecule is O=C(C[C@@H]1C[C@H]2CC[C@H]1C2)N1CCN(S(=O)(=O)Cc2ccccc2)CC1.